The van der Waals surface area contributed by atoms with Gasteiger partial charge in [-0.25, -0.2) is 4.57 Å². The standard InChI is InChI=1S/C68H122NO8P/c1-6-8-10-12-14-16-18-20-22-24-26-28-30-31-32-33-34-35-36-37-39-40-42-44-46-48-50-52-54-56-58-60-67(70)74-64-66(65-76-78(72,73)75-63-62-69(3,4)5)77-68(71)61-59-57-55-53-51-49-47-45-43-41-38-29-27-25-23-21-19-17-15-13-11-9-7-2/h9,11,15,17,21,23-24,26-27,29,41,43,47,49,66H,6-8,10,12-14,16,18-20,22,25,28,30-40,42,44-46,48,50-65H2,1-5H3/p+1/b11-9-,17-15-,23-21-,26-24-,29-27-,43-41-,49-47-. The number of rotatable bonds is 59. The molecule has 0 fully saturated rings. The second kappa shape index (κ2) is 58.8. The van der Waals surface area contributed by atoms with Crippen LogP contribution in [0.2, 0.25) is 0 Å². The quantitative estimate of drug-likeness (QED) is 0.0211. The van der Waals surface area contributed by atoms with Crippen molar-refractivity contribution < 1.29 is 42.1 Å². The first-order chi connectivity index (χ1) is 38.0. The summed E-state index contributed by atoms with van der Waals surface area (Å²) in [6, 6.07) is 0. The summed E-state index contributed by atoms with van der Waals surface area (Å²) in [7, 11) is 1.46. The molecule has 0 heterocycles. The van der Waals surface area contributed by atoms with Crippen molar-refractivity contribution in [3.8, 4) is 0 Å². The molecule has 0 aromatic carbocycles. The molecule has 0 rings (SSSR count). The highest BCUT2D eigenvalue weighted by Crippen LogP contribution is 2.43. The Hall–Kier alpha value is -2.81. The summed E-state index contributed by atoms with van der Waals surface area (Å²) in [4.78, 5) is 35.8. The fraction of sp³-hybridized carbons (Fsp3) is 0.765. The fourth-order valence-electron chi connectivity index (χ4n) is 8.96. The molecule has 10 heteroatoms. The van der Waals surface area contributed by atoms with Crippen molar-refractivity contribution in [1.82, 2.24) is 0 Å². The third kappa shape index (κ3) is 62.4. The van der Waals surface area contributed by atoms with Gasteiger partial charge in [0, 0.05) is 12.8 Å². The second-order valence-electron chi connectivity index (χ2n) is 22.8. The van der Waals surface area contributed by atoms with E-state index in [2.05, 4.69) is 98.9 Å². The maximum absolute atomic E-state index is 12.8. The van der Waals surface area contributed by atoms with Gasteiger partial charge in [-0.1, -0.05) is 266 Å². The topological polar surface area (TPSA) is 108 Å². The number of unbranched alkanes of at least 4 members (excludes halogenated alkanes) is 31. The number of quaternary nitrogens is 1. The summed E-state index contributed by atoms with van der Waals surface area (Å²) in [6.45, 7) is 4.31. The van der Waals surface area contributed by atoms with E-state index in [9.17, 15) is 19.0 Å². The molecule has 9 nitrogen and oxygen atoms in total. The number of carbonyl (C=O) groups excluding carboxylic acids is 2. The summed E-state index contributed by atoms with van der Waals surface area (Å²) in [6.07, 6.45) is 79.6. The van der Waals surface area contributed by atoms with E-state index in [4.69, 9.17) is 18.5 Å². The summed E-state index contributed by atoms with van der Waals surface area (Å²) >= 11 is 0. The van der Waals surface area contributed by atoms with Crippen molar-refractivity contribution in [2.75, 3.05) is 47.5 Å². The molecule has 0 saturated carbocycles. The monoisotopic (exact) mass is 1110 g/mol. The van der Waals surface area contributed by atoms with Crippen LogP contribution < -0.4 is 0 Å². The highest BCUT2D eigenvalue weighted by Gasteiger charge is 2.27. The minimum atomic E-state index is -4.40. The van der Waals surface area contributed by atoms with Crippen LogP contribution in [0.15, 0.2) is 85.1 Å². The van der Waals surface area contributed by atoms with Gasteiger partial charge in [-0.15, -0.1) is 0 Å². The van der Waals surface area contributed by atoms with Crippen LogP contribution in [0.5, 0.6) is 0 Å². The zero-order valence-corrected chi connectivity index (χ0v) is 52.3. The first kappa shape index (κ1) is 75.2. The minimum Gasteiger partial charge on any atom is -0.462 e. The number of hydrogen-bond donors (Lipinski definition) is 1. The number of ether oxygens (including phenoxy) is 2. The molecule has 1 N–H and O–H groups in total. The largest absolute Gasteiger partial charge is 0.472 e. The molecular weight excluding hydrogens is 990 g/mol. The summed E-state index contributed by atoms with van der Waals surface area (Å²) < 4.78 is 34.6. The molecule has 0 spiro atoms. The molecule has 2 unspecified atom stereocenters. The Kier molecular flexibility index (Phi) is 56.7. The lowest BCUT2D eigenvalue weighted by atomic mass is 10.0. The number of likely N-dealkylation sites (N-methyl/N-ethyl adjacent to an activating group) is 1. The van der Waals surface area contributed by atoms with Crippen LogP contribution >= 0.6 is 7.82 Å². The molecule has 0 radical (unpaired) electrons. The lowest BCUT2D eigenvalue weighted by Gasteiger charge is -2.24. The molecule has 0 aliphatic carbocycles. The Morgan fingerprint density at radius 3 is 1.10 bits per heavy atom. The fourth-order valence-corrected chi connectivity index (χ4v) is 9.70. The predicted octanol–water partition coefficient (Wildman–Crippen LogP) is 20.6. The van der Waals surface area contributed by atoms with Gasteiger partial charge in [-0.2, -0.15) is 0 Å². The Morgan fingerprint density at radius 1 is 0.410 bits per heavy atom. The van der Waals surface area contributed by atoms with Gasteiger partial charge in [0.1, 0.15) is 19.8 Å². The molecule has 0 aliphatic heterocycles. The van der Waals surface area contributed by atoms with Crippen molar-refractivity contribution in [2.24, 2.45) is 0 Å². The number of phosphoric ester groups is 1. The summed E-state index contributed by atoms with van der Waals surface area (Å²) in [5, 5.41) is 0. The molecule has 0 amide bonds. The van der Waals surface area contributed by atoms with Crippen molar-refractivity contribution in [1.29, 1.82) is 0 Å². The third-order valence-corrected chi connectivity index (χ3v) is 14.9. The maximum atomic E-state index is 12.8. The summed E-state index contributed by atoms with van der Waals surface area (Å²) in [5.41, 5.74) is 0. The molecule has 2 atom stereocenters. The molecule has 0 aromatic rings. The number of allylic oxidation sites excluding steroid dienone is 14. The smallest absolute Gasteiger partial charge is 0.462 e. The normalized spacial score (nSPS) is 13.8. The van der Waals surface area contributed by atoms with Crippen LogP contribution in [0.25, 0.3) is 0 Å². The summed E-state index contributed by atoms with van der Waals surface area (Å²) in [5.74, 6) is -0.821. The van der Waals surface area contributed by atoms with Crippen molar-refractivity contribution in [2.45, 2.75) is 290 Å². The van der Waals surface area contributed by atoms with Crippen LogP contribution in [-0.2, 0) is 32.7 Å². The van der Waals surface area contributed by atoms with Crippen LogP contribution in [0.1, 0.15) is 284 Å². The Bertz CT molecular complexity index is 1590. The van der Waals surface area contributed by atoms with Crippen LogP contribution in [-0.4, -0.2) is 74.9 Å². The lowest BCUT2D eigenvalue weighted by molar-refractivity contribution is -0.870. The lowest BCUT2D eigenvalue weighted by Crippen LogP contribution is -2.37. The first-order valence-corrected chi connectivity index (χ1v) is 33.8. The SMILES string of the molecule is CC/C=C\C/C=C\C/C=C\C/C=C\C/C=C\C/C=C\CCCCCCC(=O)OC(COC(=O)CCCCCCCCCCCCCCCCCCCCC/C=C\CCCCCCCCCC)COP(=O)(O)OCC[N+](C)(C)C. The van der Waals surface area contributed by atoms with Gasteiger partial charge in [0.15, 0.2) is 6.10 Å². The van der Waals surface area contributed by atoms with Gasteiger partial charge in [0.05, 0.1) is 27.7 Å². The zero-order valence-electron chi connectivity index (χ0n) is 51.4. The number of nitrogens with zero attached hydrogens (tertiary/aromatic N) is 1. The number of esters is 2. The molecule has 0 saturated heterocycles. The number of carbonyl (C=O) groups is 2. The molecule has 78 heavy (non-hydrogen) atoms. The van der Waals surface area contributed by atoms with Crippen molar-refractivity contribution >= 4 is 19.8 Å². The Labute approximate surface area is 481 Å². The Balaban J connectivity index is 4.10. The number of hydrogen-bond acceptors (Lipinski definition) is 7. The maximum Gasteiger partial charge on any atom is 0.472 e. The van der Waals surface area contributed by atoms with E-state index in [0.717, 1.165) is 83.5 Å². The van der Waals surface area contributed by atoms with Crippen LogP contribution in [0, 0.1) is 0 Å². The molecule has 452 valence electrons. The van der Waals surface area contributed by atoms with E-state index in [1.807, 2.05) is 21.1 Å². The van der Waals surface area contributed by atoms with Crippen molar-refractivity contribution in [3.05, 3.63) is 85.1 Å². The third-order valence-electron chi connectivity index (χ3n) is 13.9. The average molecular weight is 1110 g/mol. The Morgan fingerprint density at radius 2 is 0.731 bits per heavy atom. The highest BCUT2D eigenvalue weighted by atomic mass is 31.2. The molecule has 0 bridgehead atoms. The number of phosphoric acid groups is 1. The second-order valence-corrected chi connectivity index (χ2v) is 24.2. The van der Waals surface area contributed by atoms with Gasteiger partial charge < -0.3 is 18.9 Å². The van der Waals surface area contributed by atoms with E-state index in [1.165, 1.54) is 167 Å². The van der Waals surface area contributed by atoms with Crippen LogP contribution in [0.3, 0.4) is 0 Å². The van der Waals surface area contributed by atoms with Gasteiger partial charge in [0.25, 0.3) is 0 Å². The molecule has 0 aromatic heterocycles. The van der Waals surface area contributed by atoms with Gasteiger partial charge in [0.2, 0.25) is 0 Å². The van der Waals surface area contributed by atoms with E-state index in [0.29, 0.717) is 17.4 Å². The zero-order chi connectivity index (χ0) is 57.0. The van der Waals surface area contributed by atoms with Gasteiger partial charge in [-0.3, -0.25) is 18.6 Å². The minimum absolute atomic E-state index is 0.0233. The molecule has 0 aliphatic rings. The van der Waals surface area contributed by atoms with Gasteiger partial charge in [-0.05, 0) is 89.9 Å². The van der Waals surface area contributed by atoms with Crippen molar-refractivity contribution in [3.63, 3.8) is 0 Å². The first-order valence-electron chi connectivity index (χ1n) is 32.3. The van der Waals surface area contributed by atoms with Gasteiger partial charge >= 0.3 is 19.8 Å². The molecular formula is C68H123NO8P+. The van der Waals surface area contributed by atoms with E-state index < -0.39 is 26.5 Å². The average Bonchev–Trinajstić information content (AvgIpc) is 3.40. The van der Waals surface area contributed by atoms with E-state index in [1.54, 1.807) is 0 Å². The predicted molar refractivity (Wildman–Crippen MR) is 335 cm³/mol. The highest BCUT2D eigenvalue weighted by molar-refractivity contribution is 7.47. The van der Waals surface area contributed by atoms with E-state index in [-0.39, 0.29) is 32.0 Å². The van der Waals surface area contributed by atoms with Crippen LogP contribution in [0.4, 0.5) is 0 Å². The van der Waals surface area contributed by atoms with E-state index >= 15 is 0 Å².